The number of nitrogens with two attached hydrogens (primary N) is 1. The first-order valence-corrected chi connectivity index (χ1v) is 22.1. The minimum atomic E-state index is -1.03. The third-order valence-corrected chi connectivity index (χ3v) is 14.7. The fourth-order valence-electron chi connectivity index (χ4n) is 9.41. The van der Waals surface area contributed by atoms with Crippen molar-refractivity contribution in [3.63, 3.8) is 0 Å². The lowest BCUT2D eigenvalue weighted by atomic mass is 9.60. The molecule has 0 amide bonds. The number of aliphatic hydroxyl groups is 5. The molecular formula is C43H61NO7S2. The Labute approximate surface area is 323 Å². The smallest absolute Gasteiger partial charge is 0.309 e. The zero-order chi connectivity index (χ0) is 37.9. The molecule has 1 fully saturated rings. The SMILES string of the molecule is C[C@H](O)[C@H](C(=O)O)[C@H]1[C@@H](CCN)[C@H]2C=C[C@@H]1Cc1ccccc1CSSC[C@H](Cc1cccc(CO)c1)[C@H](CC=C[C@H](O)[C@H](O)C1CCC(O)CC1)C2. The van der Waals surface area contributed by atoms with Crippen molar-refractivity contribution in [2.75, 3.05) is 12.3 Å². The van der Waals surface area contributed by atoms with E-state index in [-0.39, 0.29) is 54.1 Å². The van der Waals surface area contributed by atoms with Crippen LogP contribution in [0.25, 0.3) is 0 Å². The first-order valence-electron chi connectivity index (χ1n) is 19.6. The van der Waals surface area contributed by atoms with Gasteiger partial charge in [0.1, 0.15) is 0 Å². The summed E-state index contributed by atoms with van der Waals surface area (Å²) >= 11 is 0. The number of fused-ring (bicyclic) bond motifs is 7. The van der Waals surface area contributed by atoms with Crippen LogP contribution in [0.3, 0.4) is 0 Å². The Morgan fingerprint density at radius 3 is 2.36 bits per heavy atom. The average molecular weight is 768 g/mol. The van der Waals surface area contributed by atoms with Crippen molar-refractivity contribution in [2.45, 2.75) is 101 Å². The number of benzene rings is 2. The van der Waals surface area contributed by atoms with Gasteiger partial charge in [0.15, 0.2) is 0 Å². The van der Waals surface area contributed by atoms with E-state index in [1.165, 1.54) is 11.1 Å². The summed E-state index contributed by atoms with van der Waals surface area (Å²) in [6.07, 6.45) is 11.3. The predicted octanol–water partition coefficient (Wildman–Crippen LogP) is 6.17. The number of aliphatic hydroxyl groups excluding tert-OH is 5. The molecule has 2 bridgehead atoms. The Kier molecular flexibility index (Phi) is 16.4. The molecule has 0 radical (unpaired) electrons. The molecule has 10 atom stereocenters. The summed E-state index contributed by atoms with van der Waals surface area (Å²) in [6, 6.07) is 16.6. The lowest BCUT2D eigenvalue weighted by Crippen LogP contribution is -2.46. The Balaban J connectivity index is 1.52. The normalized spacial score (nSPS) is 30.6. The quantitative estimate of drug-likeness (QED) is 0.0927. The van der Waals surface area contributed by atoms with Crippen LogP contribution < -0.4 is 5.73 Å². The van der Waals surface area contributed by atoms with Crippen molar-refractivity contribution in [3.8, 4) is 0 Å². The molecule has 2 aromatic rings. The van der Waals surface area contributed by atoms with E-state index in [1.54, 1.807) is 13.0 Å². The summed E-state index contributed by atoms with van der Waals surface area (Å²) in [5.41, 5.74) is 10.8. The van der Waals surface area contributed by atoms with Gasteiger partial charge in [-0.2, -0.15) is 0 Å². The summed E-state index contributed by atoms with van der Waals surface area (Å²) in [5.74, 6) is -0.344. The molecule has 8 N–H and O–H groups in total. The van der Waals surface area contributed by atoms with E-state index in [1.807, 2.05) is 39.8 Å². The van der Waals surface area contributed by atoms with Crippen molar-refractivity contribution >= 4 is 27.6 Å². The molecule has 0 saturated heterocycles. The summed E-state index contributed by atoms with van der Waals surface area (Å²) in [4.78, 5) is 12.9. The molecule has 8 nitrogen and oxygen atoms in total. The summed E-state index contributed by atoms with van der Waals surface area (Å²) < 4.78 is 0. The molecule has 0 aromatic heterocycles. The van der Waals surface area contributed by atoms with Crippen LogP contribution in [-0.2, 0) is 30.0 Å². The number of carbonyl (C=O) groups is 1. The highest BCUT2D eigenvalue weighted by atomic mass is 33.1. The first-order chi connectivity index (χ1) is 25.6. The summed E-state index contributed by atoms with van der Waals surface area (Å²) in [7, 11) is 3.72. The number of aliphatic carboxylic acids is 1. The Morgan fingerprint density at radius 2 is 1.66 bits per heavy atom. The van der Waals surface area contributed by atoms with Gasteiger partial charge >= 0.3 is 5.97 Å². The highest BCUT2D eigenvalue weighted by Gasteiger charge is 2.46. The molecule has 2 heterocycles. The molecule has 292 valence electrons. The van der Waals surface area contributed by atoms with Gasteiger partial charge in [0, 0.05) is 11.5 Å². The number of hydrogen-bond donors (Lipinski definition) is 7. The van der Waals surface area contributed by atoms with Crippen LogP contribution in [0.2, 0.25) is 0 Å². The number of rotatable bonds is 13. The maximum absolute atomic E-state index is 12.9. The Hall–Kier alpha value is -2.15. The van der Waals surface area contributed by atoms with Crippen LogP contribution in [0.5, 0.6) is 0 Å². The van der Waals surface area contributed by atoms with Crippen LogP contribution in [-0.4, -0.2) is 73.3 Å². The van der Waals surface area contributed by atoms with Gasteiger partial charge in [0.25, 0.3) is 0 Å². The minimum absolute atomic E-state index is 0.0287. The third-order valence-electron chi connectivity index (χ3n) is 12.3. The molecule has 0 spiro atoms. The van der Waals surface area contributed by atoms with Gasteiger partial charge in [-0.05, 0) is 135 Å². The molecule has 1 saturated carbocycles. The van der Waals surface area contributed by atoms with Gasteiger partial charge in [0.2, 0.25) is 0 Å². The molecule has 4 aliphatic rings. The van der Waals surface area contributed by atoms with Gasteiger partial charge in [-0.3, -0.25) is 4.79 Å². The number of hydrogen-bond acceptors (Lipinski definition) is 9. The first kappa shape index (κ1) is 42.0. The van der Waals surface area contributed by atoms with Crippen molar-refractivity contribution in [3.05, 3.63) is 95.1 Å². The number of allylic oxidation sites excluding steroid dienone is 3. The maximum atomic E-state index is 12.9. The summed E-state index contributed by atoms with van der Waals surface area (Å²) in [5, 5.41) is 63.6. The Bertz CT molecular complexity index is 1490. The lowest BCUT2D eigenvalue weighted by molar-refractivity contribution is -0.151. The van der Waals surface area contributed by atoms with E-state index in [4.69, 9.17) is 5.73 Å². The van der Waals surface area contributed by atoms with Gasteiger partial charge in [-0.25, -0.2) is 0 Å². The van der Waals surface area contributed by atoms with E-state index in [2.05, 4.69) is 48.6 Å². The monoisotopic (exact) mass is 767 g/mol. The van der Waals surface area contributed by atoms with Gasteiger partial charge in [0.05, 0.1) is 36.9 Å². The van der Waals surface area contributed by atoms with Crippen LogP contribution in [0.4, 0.5) is 0 Å². The van der Waals surface area contributed by atoms with E-state index >= 15 is 0 Å². The molecule has 2 aliphatic carbocycles. The minimum Gasteiger partial charge on any atom is -0.481 e. The molecule has 53 heavy (non-hydrogen) atoms. The van der Waals surface area contributed by atoms with E-state index in [0.717, 1.165) is 35.5 Å². The topological polar surface area (TPSA) is 164 Å². The molecule has 2 aliphatic heterocycles. The second-order valence-corrected chi connectivity index (χ2v) is 18.3. The number of carboxylic acids is 1. The van der Waals surface area contributed by atoms with Crippen molar-refractivity contribution in [2.24, 2.45) is 53.1 Å². The highest BCUT2D eigenvalue weighted by molar-refractivity contribution is 8.76. The van der Waals surface area contributed by atoms with Crippen LogP contribution >= 0.6 is 21.6 Å². The summed E-state index contributed by atoms with van der Waals surface area (Å²) in [6.45, 7) is 1.99. The van der Waals surface area contributed by atoms with Gasteiger partial charge in [-0.1, -0.05) is 94.4 Å². The van der Waals surface area contributed by atoms with Crippen molar-refractivity contribution in [1.82, 2.24) is 0 Å². The molecule has 10 heteroatoms. The molecule has 2 aromatic carbocycles. The molecule has 0 unspecified atom stereocenters. The molecular weight excluding hydrogens is 707 g/mol. The van der Waals surface area contributed by atoms with Crippen molar-refractivity contribution < 1.29 is 35.4 Å². The lowest BCUT2D eigenvalue weighted by Gasteiger charge is -2.45. The van der Waals surface area contributed by atoms with E-state index < -0.39 is 30.2 Å². The van der Waals surface area contributed by atoms with Crippen LogP contribution in [0, 0.1) is 47.3 Å². The van der Waals surface area contributed by atoms with Gasteiger partial charge < -0.3 is 36.4 Å². The standard InChI is InChI=1S/C43H61NO7S2/c1-27(46)40(43(50)51)41-34-13-12-33(38(41)18-19-44)22-32(10-5-11-39(48)42(49)30-14-16-37(47)17-15-30)36(21-28-6-4-7-29(20-28)24-45)26-53-52-25-35-9-3-2-8-31(35)23-34/h2-9,11-13,20,27,30,32-34,36-42,45-49H,10,14-19,21-26,44H2,1H3,(H,50,51)/t27-,30?,32+,33-,34+,36-,37?,38-,39-,40-,41+,42+/m0/s1. The number of carboxylic acid groups (broad SMARTS) is 1. The fourth-order valence-corrected chi connectivity index (χ4v) is 12.0. The van der Waals surface area contributed by atoms with Crippen LogP contribution in [0.1, 0.15) is 74.1 Å². The van der Waals surface area contributed by atoms with E-state index in [9.17, 15) is 35.4 Å². The zero-order valence-electron chi connectivity index (χ0n) is 31.0. The van der Waals surface area contributed by atoms with E-state index in [0.29, 0.717) is 51.5 Å². The fraction of sp³-hybridized carbons (Fsp3) is 0.605. The molecule has 6 rings (SSSR count). The van der Waals surface area contributed by atoms with Crippen LogP contribution in [0.15, 0.2) is 72.8 Å². The highest BCUT2D eigenvalue weighted by Crippen LogP contribution is 2.48. The predicted molar refractivity (Wildman–Crippen MR) is 215 cm³/mol. The average Bonchev–Trinajstić information content (AvgIpc) is 3.14. The Morgan fingerprint density at radius 1 is 0.943 bits per heavy atom. The third kappa shape index (κ3) is 11.4. The largest absolute Gasteiger partial charge is 0.481 e. The van der Waals surface area contributed by atoms with Gasteiger partial charge in [-0.15, -0.1) is 0 Å². The van der Waals surface area contributed by atoms with Crippen molar-refractivity contribution in [1.29, 1.82) is 0 Å². The maximum Gasteiger partial charge on any atom is 0.309 e. The zero-order valence-corrected chi connectivity index (χ0v) is 32.7. The second kappa shape index (κ2) is 20.7. The second-order valence-electron chi connectivity index (χ2n) is 15.8.